The van der Waals surface area contributed by atoms with E-state index < -0.39 is 9.84 Å². The highest BCUT2D eigenvalue weighted by atomic mass is 32.2. The Morgan fingerprint density at radius 1 is 1.33 bits per heavy atom. The Labute approximate surface area is 163 Å². The van der Waals surface area contributed by atoms with E-state index in [0.717, 1.165) is 44.5 Å². The predicted octanol–water partition coefficient (Wildman–Crippen LogP) is 1.94. The summed E-state index contributed by atoms with van der Waals surface area (Å²) in [6.45, 7) is 7.96. The van der Waals surface area contributed by atoms with Crippen molar-refractivity contribution < 1.29 is 18.3 Å². The van der Waals surface area contributed by atoms with Gasteiger partial charge in [-0.25, -0.2) is 13.4 Å². The number of imidazole rings is 1. The lowest BCUT2D eigenvalue weighted by molar-refractivity contribution is 0.0430. The van der Waals surface area contributed by atoms with Crippen LogP contribution in [-0.4, -0.2) is 67.1 Å². The third-order valence-electron chi connectivity index (χ3n) is 5.24. The fourth-order valence-electron chi connectivity index (χ4n) is 3.82. The molecule has 0 spiro atoms. The lowest BCUT2D eigenvalue weighted by atomic mass is 9.87. The number of aliphatic hydroxyl groups is 1. The molecule has 0 aliphatic carbocycles. The number of hydrogen-bond donors (Lipinski definition) is 1. The molecule has 1 N–H and O–H groups in total. The molecule has 1 atom stereocenters. The van der Waals surface area contributed by atoms with E-state index >= 15 is 0 Å². The molecule has 0 bridgehead atoms. The Balaban J connectivity index is 2.00. The second kappa shape index (κ2) is 10.0. The van der Waals surface area contributed by atoms with Crippen LogP contribution in [0.5, 0.6) is 0 Å². The molecule has 8 heteroatoms. The number of likely N-dealkylation sites (tertiary alicyclic amines) is 1. The molecule has 1 aromatic rings. The number of methoxy groups -OCH3 is 1. The number of nitrogens with zero attached hydrogens (tertiary/aromatic N) is 3. The molecule has 156 valence electrons. The molecule has 7 nitrogen and oxygen atoms in total. The molecule has 0 aromatic carbocycles. The van der Waals surface area contributed by atoms with Gasteiger partial charge in [0.25, 0.3) is 0 Å². The highest BCUT2D eigenvalue weighted by Crippen LogP contribution is 2.26. The van der Waals surface area contributed by atoms with Crippen LogP contribution in [0.1, 0.15) is 45.2 Å². The summed E-state index contributed by atoms with van der Waals surface area (Å²) >= 11 is 0. The van der Waals surface area contributed by atoms with Crippen LogP contribution in [0.3, 0.4) is 0 Å². The van der Waals surface area contributed by atoms with Crippen molar-refractivity contribution in [2.24, 2.45) is 11.8 Å². The molecule has 0 amide bonds. The molecule has 0 saturated carbocycles. The minimum Gasteiger partial charge on any atom is -0.393 e. The van der Waals surface area contributed by atoms with Gasteiger partial charge >= 0.3 is 0 Å². The topological polar surface area (TPSA) is 84.7 Å². The Morgan fingerprint density at radius 2 is 2.00 bits per heavy atom. The maximum Gasteiger partial charge on any atom is 0.227 e. The normalized spacial score (nSPS) is 18.3. The van der Waals surface area contributed by atoms with Crippen LogP contribution in [0.4, 0.5) is 0 Å². The van der Waals surface area contributed by atoms with Crippen molar-refractivity contribution in [1.82, 2.24) is 14.5 Å². The maximum absolute atomic E-state index is 12.0. The van der Waals surface area contributed by atoms with Crippen molar-refractivity contribution in [3.05, 3.63) is 11.9 Å². The zero-order valence-electron chi connectivity index (χ0n) is 17.1. The van der Waals surface area contributed by atoms with Crippen molar-refractivity contribution in [2.75, 3.05) is 33.1 Å². The minimum atomic E-state index is -3.36. The molecular weight excluding hydrogens is 366 g/mol. The minimum absolute atomic E-state index is 0.135. The molecule has 1 aromatic heterocycles. The van der Waals surface area contributed by atoms with Crippen LogP contribution in [0.2, 0.25) is 0 Å². The summed E-state index contributed by atoms with van der Waals surface area (Å²) in [7, 11) is -1.72. The summed E-state index contributed by atoms with van der Waals surface area (Å²) in [5.41, 5.74) is 0.924. The Bertz CT molecular complexity index is 679. The average Bonchev–Trinajstić information content (AvgIpc) is 2.98. The second-order valence-electron chi connectivity index (χ2n) is 8.11. The van der Waals surface area contributed by atoms with E-state index in [1.165, 1.54) is 6.26 Å². The molecule has 1 unspecified atom stereocenters. The Morgan fingerprint density at radius 3 is 2.56 bits per heavy atom. The SMILES string of the molecule is COCCCn1c(CN2CCC(C(O)CC(C)C)CC2)cnc1S(C)(=O)=O. The van der Waals surface area contributed by atoms with Gasteiger partial charge in [0.1, 0.15) is 0 Å². The number of rotatable bonds is 10. The number of sulfone groups is 1. The molecule has 1 fully saturated rings. The first-order valence-electron chi connectivity index (χ1n) is 9.86. The van der Waals surface area contributed by atoms with Crippen LogP contribution in [0, 0.1) is 11.8 Å². The van der Waals surface area contributed by atoms with E-state index in [4.69, 9.17) is 4.74 Å². The van der Waals surface area contributed by atoms with E-state index in [0.29, 0.717) is 31.5 Å². The van der Waals surface area contributed by atoms with E-state index in [2.05, 4.69) is 23.7 Å². The van der Waals surface area contributed by atoms with Crippen LogP contribution in [-0.2, 0) is 27.7 Å². The van der Waals surface area contributed by atoms with Gasteiger partial charge in [0, 0.05) is 33.1 Å². The summed E-state index contributed by atoms with van der Waals surface area (Å²) in [5, 5.41) is 10.5. The first kappa shape index (κ1) is 22.3. The summed E-state index contributed by atoms with van der Waals surface area (Å²) in [6.07, 6.45) is 6.22. The van der Waals surface area contributed by atoms with Crippen molar-refractivity contribution in [3.8, 4) is 0 Å². The van der Waals surface area contributed by atoms with E-state index in [9.17, 15) is 13.5 Å². The van der Waals surface area contributed by atoms with Gasteiger partial charge in [0.05, 0.1) is 18.0 Å². The molecule has 1 aliphatic rings. The number of ether oxygens (including phenoxy) is 1. The monoisotopic (exact) mass is 401 g/mol. The standard InChI is InChI=1S/C19H35N3O4S/c1-15(2)12-18(23)16-6-9-21(10-7-16)14-17-13-20-19(27(4,24)25)22(17)8-5-11-26-3/h13,15-16,18,23H,5-12,14H2,1-4H3. The molecule has 27 heavy (non-hydrogen) atoms. The molecule has 2 rings (SSSR count). The van der Waals surface area contributed by atoms with E-state index in [1.807, 2.05) is 4.57 Å². The zero-order valence-corrected chi connectivity index (χ0v) is 17.9. The van der Waals surface area contributed by atoms with Gasteiger partial charge in [-0.15, -0.1) is 0 Å². The lowest BCUT2D eigenvalue weighted by Crippen LogP contribution is -2.38. The van der Waals surface area contributed by atoms with Gasteiger partial charge in [0.2, 0.25) is 15.0 Å². The number of aliphatic hydroxyl groups excluding tert-OH is 1. The highest BCUT2D eigenvalue weighted by Gasteiger charge is 2.27. The first-order chi connectivity index (χ1) is 12.7. The van der Waals surface area contributed by atoms with Gasteiger partial charge in [0.15, 0.2) is 0 Å². The summed E-state index contributed by atoms with van der Waals surface area (Å²) in [4.78, 5) is 6.50. The number of piperidine rings is 1. The fourth-order valence-corrected chi connectivity index (χ4v) is 4.67. The smallest absolute Gasteiger partial charge is 0.227 e. The van der Waals surface area contributed by atoms with Gasteiger partial charge in [-0.3, -0.25) is 4.90 Å². The van der Waals surface area contributed by atoms with Crippen molar-refractivity contribution in [3.63, 3.8) is 0 Å². The number of hydrogen-bond acceptors (Lipinski definition) is 6. The van der Waals surface area contributed by atoms with Crippen LogP contribution in [0.25, 0.3) is 0 Å². The maximum atomic E-state index is 12.0. The van der Waals surface area contributed by atoms with E-state index in [-0.39, 0.29) is 11.3 Å². The third-order valence-corrected chi connectivity index (χ3v) is 6.23. The van der Waals surface area contributed by atoms with Gasteiger partial charge in [-0.2, -0.15) is 0 Å². The summed E-state index contributed by atoms with van der Waals surface area (Å²) < 4.78 is 31.0. The quantitative estimate of drug-likeness (QED) is 0.603. The number of aromatic nitrogens is 2. The van der Waals surface area contributed by atoms with E-state index in [1.54, 1.807) is 13.3 Å². The van der Waals surface area contributed by atoms with Gasteiger partial charge in [-0.05, 0) is 50.6 Å². The molecule has 2 heterocycles. The predicted molar refractivity (Wildman–Crippen MR) is 105 cm³/mol. The molecule has 1 aliphatic heterocycles. The average molecular weight is 402 g/mol. The van der Waals surface area contributed by atoms with Crippen LogP contribution < -0.4 is 0 Å². The Hall–Kier alpha value is -0.960. The largest absolute Gasteiger partial charge is 0.393 e. The zero-order chi connectivity index (χ0) is 20.0. The first-order valence-corrected chi connectivity index (χ1v) is 11.7. The second-order valence-corrected chi connectivity index (χ2v) is 10.0. The van der Waals surface area contributed by atoms with Crippen molar-refractivity contribution in [1.29, 1.82) is 0 Å². The lowest BCUT2D eigenvalue weighted by Gasteiger charge is -2.34. The van der Waals surface area contributed by atoms with Crippen LogP contribution >= 0.6 is 0 Å². The fraction of sp³-hybridized carbons (Fsp3) is 0.842. The van der Waals surface area contributed by atoms with Gasteiger partial charge in [-0.1, -0.05) is 13.8 Å². The van der Waals surface area contributed by atoms with Gasteiger partial charge < -0.3 is 14.4 Å². The molecule has 0 radical (unpaired) electrons. The van der Waals surface area contributed by atoms with Crippen molar-refractivity contribution >= 4 is 9.84 Å². The van der Waals surface area contributed by atoms with Crippen molar-refractivity contribution in [2.45, 2.75) is 63.9 Å². The summed E-state index contributed by atoms with van der Waals surface area (Å²) in [6, 6.07) is 0. The Kier molecular flexibility index (Phi) is 8.27. The summed E-state index contributed by atoms with van der Waals surface area (Å²) in [5.74, 6) is 0.871. The third kappa shape index (κ3) is 6.55. The molecular formula is C19H35N3O4S. The highest BCUT2D eigenvalue weighted by molar-refractivity contribution is 7.90. The van der Waals surface area contributed by atoms with Crippen LogP contribution in [0.15, 0.2) is 11.4 Å². The molecule has 1 saturated heterocycles.